The quantitative estimate of drug-likeness (QED) is 0.771. The third-order valence-electron chi connectivity index (χ3n) is 3.01. The second kappa shape index (κ2) is 5.38. The maximum Gasteiger partial charge on any atom is 0.337 e. The Kier molecular flexibility index (Phi) is 3.41. The molecule has 0 saturated carbocycles. The molecule has 0 unspecified atom stereocenters. The summed E-state index contributed by atoms with van der Waals surface area (Å²) < 4.78 is 0. The second-order valence-electron chi connectivity index (χ2n) is 4.36. The number of aromatic nitrogens is 2. The fourth-order valence-corrected chi connectivity index (χ4v) is 2.20. The predicted molar refractivity (Wildman–Crippen MR) is 81.2 cm³/mol. The smallest absolute Gasteiger partial charge is 0.337 e. The lowest BCUT2D eigenvalue weighted by Gasteiger charge is -2.10. The summed E-state index contributed by atoms with van der Waals surface area (Å²) in [6.07, 6.45) is 1.41. The van der Waals surface area contributed by atoms with E-state index in [1.165, 1.54) is 12.4 Å². The Labute approximate surface area is 125 Å². The molecule has 0 bridgehead atoms. The molecule has 0 fully saturated rings. The Morgan fingerprint density at radius 1 is 1.14 bits per heavy atom. The number of anilines is 2. The van der Waals surface area contributed by atoms with Gasteiger partial charge in [-0.2, -0.15) is 0 Å². The van der Waals surface area contributed by atoms with Gasteiger partial charge in [-0.1, -0.05) is 23.7 Å². The van der Waals surface area contributed by atoms with Gasteiger partial charge in [0.15, 0.2) is 0 Å². The molecule has 0 spiro atoms. The van der Waals surface area contributed by atoms with Crippen LogP contribution in [0.2, 0.25) is 5.02 Å². The molecule has 1 aromatic heterocycles. The van der Waals surface area contributed by atoms with E-state index < -0.39 is 5.97 Å². The summed E-state index contributed by atoms with van der Waals surface area (Å²) >= 11 is 5.94. The molecule has 1 heterocycles. The number of carbonyl (C=O) groups is 1. The van der Waals surface area contributed by atoms with E-state index in [9.17, 15) is 9.90 Å². The van der Waals surface area contributed by atoms with Crippen molar-refractivity contribution in [1.29, 1.82) is 0 Å². The first-order valence-corrected chi connectivity index (χ1v) is 6.52. The molecule has 3 aromatic rings. The van der Waals surface area contributed by atoms with E-state index in [1.807, 2.05) is 0 Å². The molecule has 0 saturated heterocycles. The third kappa shape index (κ3) is 2.64. The molecule has 0 atom stereocenters. The highest BCUT2D eigenvalue weighted by Crippen LogP contribution is 2.26. The Hall–Kier alpha value is -2.66. The number of nitrogens with zero attached hydrogens (tertiary/aromatic N) is 2. The Bertz CT molecular complexity index is 836. The monoisotopic (exact) mass is 299 g/mol. The van der Waals surface area contributed by atoms with Gasteiger partial charge in [0.2, 0.25) is 0 Å². The van der Waals surface area contributed by atoms with Crippen LogP contribution in [-0.4, -0.2) is 21.0 Å². The summed E-state index contributed by atoms with van der Waals surface area (Å²) in [5, 5.41) is 13.6. The second-order valence-corrected chi connectivity index (χ2v) is 4.80. The van der Waals surface area contributed by atoms with E-state index in [0.717, 1.165) is 5.39 Å². The van der Waals surface area contributed by atoms with Gasteiger partial charge in [0.25, 0.3) is 0 Å². The van der Waals surface area contributed by atoms with Crippen LogP contribution in [0.4, 0.5) is 11.5 Å². The molecule has 2 N–H and O–H groups in total. The van der Waals surface area contributed by atoms with Gasteiger partial charge in [0, 0.05) is 10.4 Å². The maximum absolute atomic E-state index is 11.2. The van der Waals surface area contributed by atoms with Crippen molar-refractivity contribution >= 4 is 40.0 Å². The number of fused-ring (bicyclic) bond motifs is 1. The highest BCUT2D eigenvalue weighted by molar-refractivity contribution is 6.31. The predicted octanol–water partition coefficient (Wildman–Crippen LogP) is 3.73. The van der Waals surface area contributed by atoms with E-state index in [2.05, 4.69) is 15.3 Å². The zero-order chi connectivity index (χ0) is 14.8. The van der Waals surface area contributed by atoms with E-state index in [1.54, 1.807) is 36.4 Å². The first-order chi connectivity index (χ1) is 10.1. The molecule has 21 heavy (non-hydrogen) atoms. The Morgan fingerprint density at radius 2 is 1.95 bits per heavy atom. The normalized spacial score (nSPS) is 10.5. The van der Waals surface area contributed by atoms with Gasteiger partial charge in [0.05, 0.1) is 16.8 Å². The number of halogens is 1. The van der Waals surface area contributed by atoms with Gasteiger partial charge in [-0.05, 0) is 30.3 Å². The van der Waals surface area contributed by atoms with Crippen molar-refractivity contribution < 1.29 is 9.90 Å². The average Bonchev–Trinajstić information content (AvgIpc) is 2.47. The minimum atomic E-state index is -1.00. The number of carboxylic acids is 1. The van der Waals surface area contributed by atoms with Crippen LogP contribution in [0.25, 0.3) is 10.9 Å². The van der Waals surface area contributed by atoms with Gasteiger partial charge < -0.3 is 10.4 Å². The number of nitrogens with one attached hydrogen (secondary N) is 1. The fraction of sp³-hybridized carbons (Fsp3) is 0. The van der Waals surface area contributed by atoms with Gasteiger partial charge in [-0.3, -0.25) is 0 Å². The molecule has 2 aromatic carbocycles. The van der Waals surface area contributed by atoms with Gasteiger partial charge in [-0.15, -0.1) is 0 Å². The van der Waals surface area contributed by atoms with Crippen LogP contribution in [-0.2, 0) is 0 Å². The van der Waals surface area contributed by atoms with Crippen molar-refractivity contribution in [3.8, 4) is 0 Å². The van der Waals surface area contributed by atoms with Crippen molar-refractivity contribution in [3.63, 3.8) is 0 Å². The van der Waals surface area contributed by atoms with Crippen molar-refractivity contribution in [2.75, 3.05) is 5.32 Å². The van der Waals surface area contributed by atoms with Crippen molar-refractivity contribution in [2.45, 2.75) is 0 Å². The summed E-state index contributed by atoms with van der Waals surface area (Å²) in [6.45, 7) is 0. The average molecular weight is 300 g/mol. The molecular weight excluding hydrogens is 290 g/mol. The fourth-order valence-electron chi connectivity index (χ4n) is 2.04. The van der Waals surface area contributed by atoms with E-state index >= 15 is 0 Å². The molecular formula is C15H10ClN3O2. The van der Waals surface area contributed by atoms with Crippen LogP contribution in [0.1, 0.15) is 10.4 Å². The van der Waals surface area contributed by atoms with Crippen LogP contribution in [0.3, 0.4) is 0 Å². The lowest BCUT2D eigenvalue weighted by Crippen LogP contribution is -2.03. The Balaban J connectivity index is 2.09. The largest absolute Gasteiger partial charge is 0.478 e. The topological polar surface area (TPSA) is 75.1 Å². The van der Waals surface area contributed by atoms with Gasteiger partial charge in [-0.25, -0.2) is 14.8 Å². The number of hydrogen-bond donors (Lipinski definition) is 2. The number of aromatic carboxylic acids is 1. The summed E-state index contributed by atoms with van der Waals surface area (Å²) in [4.78, 5) is 19.6. The highest BCUT2D eigenvalue weighted by Gasteiger charge is 2.11. The summed E-state index contributed by atoms with van der Waals surface area (Å²) in [6, 6.07) is 11.9. The Morgan fingerprint density at radius 3 is 2.76 bits per heavy atom. The minimum Gasteiger partial charge on any atom is -0.478 e. The van der Waals surface area contributed by atoms with E-state index in [-0.39, 0.29) is 5.56 Å². The number of benzene rings is 2. The molecule has 0 aliphatic carbocycles. The summed E-state index contributed by atoms with van der Waals surface area (Å²) in [5.41, 5.74) is 1.34. The highest BCUT2D eigenvalue weighted by atomic mass is 35.5. The lowest BCUT2D eigenvalue weighted by atomic mass is 10.1. The van der Waals surface area contributed by atoms with Crippen LogP contribution in [0.5, 0.6) is 0 Å². The van der Waals surface area contributed by atoms with Gasteiger partial charge in [0.1, 0.15) is 12.1 Å². The van der Waals surface area contributed by atoms with Crippen LogP contribution in [0, 0.1) is 0 Å². The number of carboxylic acid groups (broad SMARTS) is 1. The number of para-hydroxylation sites is 1. The molecule has 0 radical (unpaired) electrons. The van der Waals surface area contributed by atoms with Crippen molar-refractivity contribution in [2.24, 2.45) is 0 Å². The standard InChI is InChI=1S/C15H10ClN3O2/c16-9-5-6-10-13(7-9)17-8-18-14(10)19-12-4-2-1-3-11(12)15(20)21/h1-8H,(H,20,21)(H,17,18,19). The lowest BCUT2D eigenvalue weighted by molar-refractivity contribution is 0.0698. The molecule has 6 heteroatoms. The van der Waals surface area contributed by atoms with Crippen LogP contribution >= 0.6 is 11.6 Å². The first-order valence-electron chi connectivity index (χ1n) is 6.15. The molecule has 0 aliphatic heterocycles. The van der Waals surface area contributed by atoms with Crippen molar-refractivity contribution in [3.05, 3.63) is 59.4 Å². The molecule has 0 amide bonds. The van der Waals surface area contributed by atoms with Crippen LogP contribution in [0.15, 0.2) is 48.8 Å². The zero-order valence-corrected chi connectivity index (χ0v) is 11.5. The summed E-state index contributed by atoms with van der Waals surface area (Å²) in [5.74, 6) is -0.468. The first kappa shape index (κ1) is 13.3. The maximum atomic E-state index is 11.2. The zero-order valence-electron chi connectivity index (χ0n) is 10.7. The van der Waals surface area contributed by atoms with E-state index in [0.29, 0.717) is 22.0 Å². The van der Waals surface area contributed by atoms with E-state index in [4.69, 9.17) is 11.6 Å². The third-order valence-corrected chi connectivity index (χ3v) is 3.24. The molecule has 3 rings (SSSR count). The van der Waals surface area contributed by atoms with Gasteiger partial charge >= 0.3 is 5.97 Å². The number of hydrogen-bond acceptors (Lipinski definition) is 4. The molecule has 0 aliphatic rings. The SMILES string of the molecule is O=C(O)c1ccccc1Nc1ncnc2cc(Cl)ccc12. The van der Waals surface area contributed by atoms with Crippen LogP contribution < -0.4 is 5.32 Å². The number of rotatable bonds is 3. The minimum absolute atomic E-state index is 0.179. The molecule has 5 nitrogen and oxygen atoms in total. The molecule has 104 valence electrons. The summed E-state index contributed by atoms with van der Waals surface area (Å²) in [7, 11) is 0. The van der Waals surface area contributed by atoms with Crippen molar-refractivity contribution in [1.82, 2.24) is 9.97 Å².